The molecule has 0 saturated carbocycles. The Kier molecular flexibility index (Phi) is 4.39. The lowest BCUT2D eigenvalue weighted by molar-refractivity contribution is 1.31. The second-order valence-electron chi connectivity index (χ2n) is 1.91. The van der Waals surface area contributed by atoms with Crippen molar-refractivity contribution in [1.29, 1.82) is 0 Å². The number of rotatable bonds is 1. The topological polar surface area (TPSA) is 0 Å². The van der Waals surface area contributed by atoms with Crippen LogP contribution in [0, 0.1) is 11.5 Å². The average Bonchev–Trinajstić information content (AvgIpc) is 1.66. The summed E-state index contributed by atoms with van der Waals surface area (Å²) in [6.07, 6.45) is 3.08. The minimum atomic E-state index is 0.936. The Hall–Kier alpha value is -0.483. The first-order chi connectivity index (χ1) is 3.77. The minimum Gasteiger partial charge on any atom is -0.143 e. The van der Waals surface area contributed by atoms with Gasteiger partial charge in [-0.05, 0) is 13.8 Å². The maximum absolute atomic E-state index is 3.01. The first-order valence-corrected chi connectivity index (χ1v) is 3.80. The van der Waals surface area contributed by atoms with Gasteiger partial charge in [0.1, 0.15) is 0 Å². The fraction of sp³-hybridized carbons (Fsp3) is 0.429. The maximum Gasteiger partial charge on any atom is 0.0906 e. The number of hydrogen-bond acceptors (Lipinski definition) is 0. The van der Waals surface area contributed by atoms with Crippen LogP contribution in [0.3, 0.4) is 0 Å². The molecule has 0 aliphatic carbocycles. The van der Waals surface area contributed by atoms with Gasteiger partial charge in [0.05, 0.1) is 10.2 Å². The van der Waals surface area contributed by atoms with Gasteiger partial charge in [-0.3, -0.25) is 0 Å². The van der Waals surface area contributed by atoms with Crippen molar-refractivity contribution in [2.75, 3.05) is 0 Å². The molecule has 0 bridgehead atoms. The summed E-state index contributed by atoms with van der Waals surface area (Å²) >= 11 is 0. The van der Waals surface area contributed by atoms with Gasteiger partial charge in [0, 0.05) is 6.42 Å². The molecule has 0 fully saturated rings. The van der Waals surface area contributed by atoms with Crippen LogP contribution in [0.4, 0.5) is 0 Å². The van der Waals surface area contributed by atoms with Crippen molar-refractivity contribution in [3.63, 3.8) is 0 Å². The van der Waals surface area contributed by atoms with Gasteiger partial charge in [0.15, 0.2) is 0 Å². The molecule has 1 heteroatoms. The molecule has 0 aromatic heterocycles. The summed E-state index contributed by atoms with van der Waals surface area (Å²) in [6, 6.07) is 0. The molecule has 0 saturated heterocycles. The van der Waals surface area contributed by atoms with Gasteiger partial charge in [-0.1, -0.05) is 11.6 Å². The van der Waals surface area contributed by atoms with Crippen LogP contribution >= 0.6 is 0 Å². The van der Waals surface area contributed by atoms with Crippen molar-refractivity contribution in [2.45, 2.75) is 20.3 Å². The Bertz CT molecular complexity index is 130. The van der Waals surface area contributed by atoms with E-state index in [0.717, 1.165) is 16.7 Å². The first-order valence-electron chi connectivity index (χ1n) is 2.80. The SMILES string of the molecule is CC(C)=CCC#C[SiH3]. The maximum atomic E-state index is 3.01. The Labute approximate surface area is 54.4 Å². The van der Waals surface area contributed by atoms with Gasteiger partial charge in [0.2, 0.25) is 0 Å². The quantitative estimate of drug-likeness (QED) is 0.274. The molecule has 0 nitrogen and oxygen atoms in total. The van der Waals surface area contributed by atoms with Crippen LogP contribution < -0.4 is 0 Å². The smallest absolute Gasteiger partial charge is 0.0906 e. The first kappa shape index (κ1) is 7.52. The monoisotopic (exact) mass is 124 g/mol. The van der Waals surface area contributed by atoms with E-state index in [1.54, 1.807) is 0 Å². The zero-order valence-electron chi connectivity index (χ0n) is 5.78. The second kappa shape index (κ2) is 4.67. The predicted molar refractivity (Wildman–Crippen MR) is 41.8 cm³/mol. The largest absolute Gasteiger partial charge is 0.143 e. The summed E-state index contributed by atoms with van der Waals surface area (Å²) in [5.41, 5.74) is 4.32. The Balaban J connectivity index is 3.40. The van der Waals surface area contributed by atoms with E-state index < -0.39 is 0 Å². The molecule has 0 radical (unpaired) electrons. The molecule has 0 amide bonds. The van der Waals surface area contributed by atoms with Crippen molar-refractivity contribution < 1.29 is 0 Å². The molecule has 44 valence electrons. The molecule has 0 unspecified atom stereocenters. The van der Waals surface area contributed by atoms with E-state index in [4.69, 9.17) is 0 Å². The molecule has 0 N–H and O–H groups in total. The third kappa shape index (κ3) is 5.52. The third-order valence-electron chi connectivity index (χ3n) is 0.789. The van der Waals surface area contributed by atoms with Crippen molar-refractivity contribution in [2.24, 2.45) is 0 Å². The van der Waals surface area contributed by atoms with E-state index in [0.29, 0.717) is 0 Å². The fourth-order valence-corrected chi connectivity index (χ4v) is 0.561. The van der Waals surface area contributed by atoms with Crippen LogP contribution in [0.15, 0.2) is 11.6 Å². The highest BCUT2D eigenvalue weighted by Gasteiger charge is 1.70. The summed E-state index contributed by atoms with van der Waals surface area (Å²) in [5.74, 6) is 3.01. The highest BCUT2D eigenvalue weighted by molar-refractivity contribution is 6.22. The van der Waals surface area contributed by atoms with Crippen molar-refractivity contribution in [3.8, 4) is 11.5 Å². The number of allylic oxidation sites excluding steroid dienone is 2. The lowest BCUT2D eigenvalue weighted by atomic mass is 10.3. The Morgan fingerprint density at radius 3 is 2.62 bits per heavy atom. The molecule has 0 rings (SSSR count). The third-order valence-corrected chi connectivity index (χ3v) is 1.14. The van der Waals surface area contributed by atoms with Crippen molar-refractivity contribution in [1.82, 2.24) is 0 Å². The Morgan fingerprint density at radius 2 is 2.25 bits per heavy atom. The molecular weight excluding hydrogens is 112 g/mol. The molecule has 0 aliphatic heterocycles. The zero-order valence-corrected chi connectivity index (χ0v) is 7.78. The summed E-state index contributed by atoms with van der Waals surface area (Å²) < 4.78 is 0. The molecule has 0 heterocycles. The van der Waals surface area contributed by atoms with Gasteiger partial charge < -0.3 is 0 Å². The second-order valence-corrected chi connectivity index (χ2v) is 2.41. The Morgan fingerprint density at radius 1 is 1.62 bits per heavy atom. The van der Waals surface area contributed by atoms with Gasteiger partial charge in [-0.15, -0.1) is 11.5 Å². The number of hydrogen-bond donors (Lipinski definition) is 0. The van der Waals surface area contributed by atoms with Crippen LogP contribution in [0.25, 0.3) is 0 Å². The summed E-state index contributed by atoms with van der Waals surface area (Å²) in [5, 5.41) is 0. The molecule has 0 aliphatic rings. The van der Waals surface area contributed by atoms with Crippen molar-refractivity contribution in [3.05, 3.63) is 11.6 Å². The summed E-state index contributed by atoms with van der Waals surface area (Å²) in [6.45, 7) is 4.18. The molecule has 8 heavy (non-hydrogen) atoms. The van der Waals surface area contributed by atoms with E-state index in [2.05, 4.69) is 31.4 Å². The summed E-state index contributed by atoms with van der Waals surface area (Å²) in [4.78, 5) is 0. The zero-order chi connectivity index (χ0) is 6.41. The van der Waals surface area contributed by atoms with E-state index in [1.165, 1.54) is 5.57 Å². The van der Waals surface area contributed by atoms with E-state index in [9.17, 15) is 0 Å². The van der Waals surface area contributed by atoms with E-state index in [-0.39, 0.29) is 0 Å². The highest BCUT2D eigenvalue weighted by Crippen LogP contribution is 1.89. The molecule has 0 aromatic carbocycles. The standard InChI is InChI=1S/C7H12Si/c1-7(2)5-3-4-6-8/h5H,3H2,1-2,8H3. The van der Waals surface area contributed by atoms with Gasteiger partial charge in [-0.2, -0.15) is 0 Å². The van der Waals surface area contributed by atoms with Crippen LogP contribution in [0.5, 0.6) is 0 Å². The van der Waals surface area contributed by atoms with E-state index in [1.807, 2.05) is 0 Å². The van der Waals surface area contributed by atoms with Crippen LogP contribution in [-0.2, 0) is 0 Å². The van der Waals surface area contributed by atoms with E-state index >= 15 is 0 Å². The van der Waals surface area contributed by atoms with Crippen LogP contribution in [0.2, 0.25) is 0 Å². The molecular formula is C7H12Si. The molecule has 0 spiro atoms. The van der Waals surface area contributed by atoms with Gasteiger partial charge in [-0.25, -0.2) is 0 Å². The van der Waals surface area contributed by atoms with Gasteiger partial charge >= 0.3 is 0 Å². The predicted octanol–water partition coefficient (Wildman–Crippen LogP) is 0.669. The lowest BCUT2D eigenvalue weighted by Crippen LogP contribution is -1.63. The lowest BCUT2D eigenvalue weighted by Gasteiger charge is -1.81. The van der Waals surface area contributed by atoms with Crippen LogP contribution in [0.1, 0.15) is 20.3 Å². The average molecular weight is 124 g/mol. The van der Waals surface area contributed by atoms with Crippen molar-refractivity contribution >= 4 is 10.2 Å². The fourth-order valence-electron chi connectivity index (χ4n) is 0.357. The summed E-state index contributed by atoms with van der Waals surface area (Å²) in [7, 11) is 1.01. The molecule has 0 atom stereocenters. The minimum absolute atomic E-state index is 0.936. The highest BCUT2D eigenvalue weighted by atomic mass is 28.1. The van der Waals surface area contributed by atoms with Gasteiger partial charge in [0.25, 0.3) is 0 Å². The molecule has 0 aromatic rings. The van der Waals surface area contributed by atoms with Crippen LogP contribution in [-0.4, -0.2) is 10.2 Å². The normalized spacial score (nSPS) is 7.25.